The van der Waals surface area contributed by atoms with Crippen LogP contribution in [0.4, 0.5) is 17.3 Å². The first kappa shape index (κ1) is 14.6. The molecule has 0 unspecified atom stereocenters. The van der Waals surface area contributed by atoms with E-state index in [2.05, 4.69) is 34.4 Å². The third-order valence-electron chi connectivity index (χ3n) is 2.63. The Morgan fingerprint density at radius 1 is 1.15 bits per heavy atom. The van der Waals surface area contributed by atoms with Crippen LogP contribution in [0.3, 0.4) is 0 Å². The lowest BCUT2D eigenvalue weighted by molar-refractivity contribution is 0.686. The van der Waals surface area contributed by atoms with Crippen molar-refractivity contribution in [3.8, 4) is 0 Å². The average Bonchev–Trinajstić information content (AvgIpc) is 2.35. The van der Waals surface area contributed by atoms with E-state index < -0.39 is 0 Å². The molecule has 2 rings (SSSR count). The number of anilines is 3. The highest BCUT2D eigenvalue weighted by Crippen LogP contribution is 2.20. The molecule has 1 aromatic carbocycles. The summed E-state index contributed by atoms with van der Waals surface area (Å²) in [6, 6.07) is 9.45. The summed E-state index contributed by atoms with van der Waals surface area (Å²) in [5.41, 5.74) is 0.908. The summed E-state index contributed by atoms with van der Waals surface area (Å²) in [6.45, 7) is 7.08. The van der Waals surface area contributed by atoms with E-state index in [4.69, 9.17) is 11.6 Å². The number of nitrogens with zero attached hydrogens (tertiary/aromatic N) is 2. The maximum atomic E-state index is 5.97. The van der Waals surface area contributed by atoms with Crippen molar-refractivity contribution >= 4 is 28.9 Å². The molecule has 0 atom stereocenters. The maximum Gasteiger partial charge on any atom is 0.136 e. The summed E-state index contributed by atoms with van der Waals surface area (Å²) in [5, 5.41) is 7.24. The Morgan fingerprint density at radius 2 is 1.90 bits per heavy atom. The summed E-state index contributed by atoms with van der Waals surface area (Å²) in [5.74, 6) is 2.87. The number of nitrogens with one attached hydrogen (secondary N) is 2. The fraction of sp³-hybridized carbons (Fsp3) is 0.333. The van der Waals surface area contributed by atoms with Gasteiger partial charge >= 0.3 is 0 Å². The topological polar surface area (TPSA) is 49.8 Å². The van der Waals surface area contributed by atoms with Crippen LogP contribution < -0.4 is 10.6 Å². The van der Waals surface area contributed by atoms with Gasteiger partial charge in [0.1, 0.15) is 17.5 Å². The third kappa shape index (κ3) is 4.38. The molecule has 2 N–H and O–H groups in total. The summed E-state index contributed by atoms with van der Waals surface area (Å²) in [6.07, 6.45) is 0. The Morgan fingerprint density at radius 3 is 2.60 bits per heavy atom. The molecular weight excluding hydrogens is 272 g/mol. The van der Waals surface area contributed by atoms with E-state index in [9.17, 15) is 0 Å². The molecule has 1 aromatic heterocycles. The van der Waals surface area contributed by atoms with Crippen molar-refractivity contribution in [2.24, 2.45) is 5.92 Å². The van der Waals surface area contributed by atoms with E-state index in [1.165, 1.54) is 0 Å². The van der Waals surface area contributed by atoms with E-state index >= 15 is 0 Å². The van der Waals surface area contributed by atoms with E-state index in [-0.39, 0.29) is 0 Å². The van der Waals surface area contributed by atoms with Crippen LogP contribution in [0.15, 0.2) is 30.3 Å². The van der Waals surface area contributed by atoms with E-state index in [0.29, 0.717) is 10.9 Å². The van der Waals surface area contributed by atoms with Crippen LogP contribution in [0.1, 0.15) is 19.7 Å². The van der Waals surface area contributed by atoms with Gasteiger partial charge in [-0.25, -0.2) is 9.97 Å². The van der Waals surface area contributed by atoms with Gasteiger partial charge in [-0.05, 0) is 31.0 Å². The number of rotatable bonds is 5. The summed E-state index contributed by atoms with van der Waals surface area (Å²) < 4.78 is 0. The number of aromatic nitrogens is 2. The van der Waals surface area contributed by atoms with Crippen molar-refractivity contribution in [1.82, 2.24) is 9.97 Å². The molecule has 0 radical (unpaired) electrons. The number of halogens is 1. The van der Waals surface area contributed by atoms with Crippen molar-refractivity contribution in [1.29, 1.82) is 0 Å². The van der Waals surface area contributed by atoms with Crippen LogP contribution in [0.5, 0.6) is 0 Å². The summed E-state index contributed by atoms with van der Waals surface area (Å²) >= 11 is 5.97. The highest BCUT2D eigenvalue weighted by molar-refractivity contribution is 6.30. The molecule has 0 aliphatic carbocycles. The molecule has 0 saturated heterocycles. The van der Waals surface area contributed by atoms with Gasteiger partial charge in [0.05, 0.1) is 0 Å². The van der Waals surface area contributed by atoms with Crippen molar-refractivity contribution in [3.63, 3.8) is 0 Å². The number of benzene rings is 1. The lowest BCUT2D eigenvalue weighted by Crippen LogP contribution is -2.10. The molecule has 0 amide bonds. The molecule has 5 heteroatoms. The highest BCUT2D eigenvalue weighted by atomic mass is 35.5. The summed E-state index contributed by atoms with van der Waals surface area (Å²) in [4.78, 5) is 8.76. The van der Waals surface area contributed by atoms with Crippen molar-refractivity contribution in [2.75, 3.05) is 17.2 Å². The normalized spacial score (nSPS) is 10.7. The SMILES string of the molecule is Cc1nc(NCC(C)C)cc(Nc2cccc(Cl)c2)n1. The Kier molecular flexibility index (Phi) is 4.79. The van der Waals surface area contributed by atoms with Gasteiger partial charge in [-0.15, -0.1) is 0 Å². The quantitative estimate of drug-likeness (QED) is 0.864. The van der Waals surface area contributed by atoms with Crippen LogP contribution >= 0.6 is 11.6 Å². The average molecular weight is 291 g/mol. The molecular formula is C15H19ClN4. The monoisotopic (exact) mass is 290 g/mol. The molecule has 0 aliphatic heterocycles. The Labute approximate surface area is 124 Å². The van der Waals surface area contributed by atoms with Gasteiger partial charge in [-0.2, -0.15) is 0 Å². The summed E-state index contributed by atoms with van der Waals surface area (Å²) in [7, 11) is 0. The standard InChI is InChI=1S/C15H19ClN4/c1-10(2)9-17-14-8-15(19-11(3)18-14)20-13-6-4-5-12(16)7-13/h4-8,10H,9H2,1-3H3,(H2,17,18,19,20). The van der Waals surface area contributed by atoms with E-state index in [1.807, 2.05) is 37.3 Å². The number of hydrogen-bond acceptors (Lipinski definition) is 4. The first-order chi connectivity index (χ1) is 9.52. The Balaban J connectivity index is 2.15. The minimum absolute atomic E-state index is 0.564. The van der Waals surface area contributed by atoms with E-state index in [1.54, 1.807) is 0 Å². The molecule has 0 fully saturated rings. The molecule has 0 saturated carbocycles. The lowest BCUT2D eigenvalue weighted by Gasteiger charge is -2.11. The Hall–Kier alpha value is -1.81. The number of hydrogen-bond donors (Lipinski definition) is 2. The van der Waals surface area contributed by atoms with Gasteiger partial charge in [0, 0.05) is 23.3 Å². The maximum absolute atomic E-state index is 5.97. The van der Waals surface area contributed by atoms with Crippen LogP contribution in [-0.4, -0.2) is 16.5 Å². The molecule has 106 valence electrons. The molecule has 1 heterocycles. The van der Waals surface area contributed by atoms with Crippen LogP contribution in [-0.2, 0) is 0 Å². The smallest absolute Gasteiger partial charge is 0.136 e. The minimum atomic E-state index is 0.564. The molecule has 0 aliphatic rings. The van der Waals surface area contributed by atoms with Crippen LogP contribution in [0, 0.1) is 12.8 Å². The van der Waals surface area contributed by atoms with Gasteiger partial charge in [0.15, 0.2) is 0 Å². The molecule has 4 nitrogen and oxygen atoms in total. The van der Waals surface area contributed by atoms with Crippen LogP contribution in [0.2, 0.25) is 5.02 Å². The first-order valence-corrected chi connectivity index (χ1v) is 7.03. The van der Waals surface area contributed by atoms with Gasteiger partial charge in [-0.1, -0.05) is 31.5 Å². The number of aryl methyl sites for hydroxylation is 1. The highest BCUT2D eigenvalue weighted by Gasteiger charge is 2.03. The molecule has 20 heavy (non-hydrogen) atoms. The first-order valence-electron chi connectivity index (χ1n) is 6.65. The van der Waals surface area contributed by atoms with Gasteiger partial charge < -0.3 is 10.6 Å². The lowest BCUT2D eigenvalue weighted by atomic mass is 10.2. The zero-order valence-electron chi connectivity index (χ0n) is 11.9. The van der Waals surface area contributed by atoms with Gasteiger partial charge in [0.25, 0.3) is 0 Å². The van der Waals surface area contributed by atoms with Gasteiger partial charge in [-0.3, -0.25) is 0 Å². The second kappa shape index (κ2) is 6.57. The van der Waals surface area contributed by atoms with Gasteiger partial charge in [0.2, 0.25) is 0 Å². The van der Waals surface area contributed by atoms with Crippen LogP contribution in [0.25, 0.3) is 0 Å². The predicted octanol–water partition coefficient (Wildman–Crippen LogP) is 4.25. The largest absolute Gasteiger partial charge is 0.370 e. The van der Waals surface area contributed by atoms with E-state index in [0.717, 1.165) is 29.7 Å². The molecule has 0 spiro atoms. The predicted molar refractivity (Wildman–Crippen MR) is 84.8 cm³/mol. The van der Waals surface area contributed by atoms with Crippen molar-refractivity contribution < 1.29 is 0 Å². The molecule has 0 bridgehead atoms. The fourth-order valence-electron chi connectivity index (χ4n) is 1.75. The zero-order valence-corrected chi connectivity index (χ0v) is 12.7. The molecule has 2 aromatic rings. The fourth-order valence-corrected chi connectivity index (χ4v) is 1.94. The second-order valence-electron chi connectivity index (χ2n) is 5.10. The minimum Gasteiger partial charge on any atom is -0.370 e. The van der Waals surface area contributed by atoms with Crippen molar-refractivity contribution in [2.45, 2.75) is 20.8 Å². The second-order valence-corrected chi connectivity index (χ2v) is 5.53. The Bertz CT molecular complexity index is 584. The third-order valence-corrected chi connectivity index (χ3v) is 2.86. The van der Waals surface area contributed by atoms with Crippen molar-refractivity contribution in [3.05, 3.63) is 41.2 Å². The zero-order chi connectivity index (χ0) is 14.5.